The predicted octanol–water partition coefficient (Wildman–Crippen LogP) is 3.06. The van der Waals surface area contributed by atoms with Crippen molar-refractivity contribution in [2.45, 2.75) is 6.92 Å². The Balaban J connectivity index is 2.28. The summed E-state index contributed by atoms with van der Waals surface area (Å²) in [6.07, 6.45) is 2.95. The highest BCUT2D eigenvalue weighted by molar-refractivity contribution is 6.04. The maximum atomic E-state index is 13.0. The molecule has 0 saturated carbocycles. The molecule has 1 aromatic heterocycles. The van der Waals surface area contributed by atoms with Gasteiger partial charge in [-0.1, -0.05) is 0 Å². The van der Waals surface area contributed by atoms with Crippen molar-refractivity contribution in [3.8, 4) is 0 Å². The van der Waals surface area contributed by atoms with Crippen molar-refractivity contribution in [3.63, 3.8) is 0 Å². The molecular weight excluding hydrogens is 257 g/mol. The minimum absolute atomic E-state index is 0.306. The second kappa shape index (κ2) is 5.09. The van der Waals surface area contributed by atoms with Gasteiger partial charge in [-0.05, 0) is 30.7 Å². The molecule has 0 aliphatic heterocycles. The Morgan fingerprint density at radius 1 is 1.21 bits per heavy atom. The van der Waals surface area contributed by atoms with E-state index in [-0.39, 0.29) is 5.56 Å². The van der Waals surface area contributed by atoms with E-state index in [0.29, 0.717) is 17.8 Å². The molecule has 0 bridgehead atoms. The Morgan fingerprint density at radius 2 is 1.84 bits per heavy atom. The van der Waals surface area contributed by atoms with Crippen LogP contribution in [0, 0.1) is 24.4 Å². The zero-order valence-electron chi connectivity index (χ0n) is 9.88. The number of carbonyl (C=O) groups is 1. The monoisotopic (exact) mass is 266 g/mol. The molecule has 0 saturated heterocycles. The Kier molecular flexibility index (Phi) is 3.50. The number of nitrogens with zero attached hydrogens (tertiary/aromatic N) is 1. The fourth-order valence-electron chi connectivity index (χ4n) is 1.48. The zero-order valence-corrected chi connectivity index (χ0v) is 9.88. The van der Waals surface area contributed by atoms with Crippen molar-refractivity contribution in [1.82, 2.24) is 4.98 Å². The first-order valence-corrected chi connectivity index (χ1v) is 5.35. The first-order chi connectivity index (χ1) is 8.99. The van der Waals surface area contributed by atoms with Gasteiger partial charge < -0.3 is 5.32 Å². The molecule has 6 heteroatoms. The topological polar surface area (TPSA) is 42.0 Å². The highest BCUT2D eigenvalue weighted by Crippen LogP contribution is 2.16. The molecule has 0 fully saturated rings. The summed E-state index contributed by atoms with van der Waals surface area (Å²) in [6, 6.07) is 2.94. The third kappa shape index (κ3) is 2.73. The SMILES string of the molecule is Cc1ccncc1NC(=O)c1cc(F)c(F)c(F)c1. The summed E-state index contributed by atoms with van der Waals surface area (Å²) in [6.45, 7) is 1.74. The molecule has 0 aliphatic carbocycles. The minimum atomic E-state index is -1.60. The summed E-state index contributed by atoms with van der Waals surface area (Å²) < 4.78 is 38.8. The third-order valence-electron chi connectivity index (χ3n) is 2.53. The number of hydrogen-bond donors (Lipinski definition) is 1. The molecule has 0 unspecified atom stereocenters. The fourth-order valence-corrected chi connectivity index (χ4v) is 1.48. The van der Waals surface area contributed by atoms with Crippen LogP contribution in [0.3, 0.4) is 0 Å². The van der Waals surface area contributed by atoms with Gasteiger partial charge in [0.05, 0.1) is 11.9 Å². The fraction of sp³-hybridized carbons (Fsp3) is 0.0769. The number of amides is 1. The minimum Gasteiger partial charge on any atom is -0.320 e. The van der Waals surface area contributed by atoms with E-state index in [9.17, 15) is 18.0 Å². The smallest absolute Gasteiger partial charge is 0.255 e. The molecule has 2 rings (SSSR count). The predicted molar refractivity (Wildman–Crippen MR) is 63.2 cm³/mol. The van der Waals surface area contributed by atoms with Gasteiger partial charge in [0, 0.05) is 11.8 Å². The van der Waals surface area contributed by atoms with Crippen molar-refractivity contribution in [3.05, 3.63) is 59.2 Å². The molecule has 2 aromatic rings. The molecule has 1 amide bonds. The summed E-state index contributed by atoms with van der Waals surface area (Å²) in [4.78, 5) is 15.6. The van der Waals surface area contributed by atoms with E-state index in [1.165, 1.54) is 6.20 Å². The molecule has 1 N–H and O–H groups in total. The summed E-state index contributed by atoms with van der Waals surface area (Å²) in [7, 11) is 0. The van der Waals surface area contributed by atoms with Crippen LogP contribution in [-0.2, 0) is 0 Å². The van der Waals surface area contributed by atoms with Crippen LogP contribution in [0.15, 0.2) is 30.6 Å². The molecule has 0 aliphatic rings. The highest BCUT2D eigenvalue weighted by atomic mass is 19.2. The van der Waals surface area contributed by atoms with Gasteiger partial charge in [-0.3, -0.25) is 9.78 Å². The Bertz CT molecular complexity index is 621. The number of aryl methyl sites for hydroxylation is 1. The molecule has 1 aromatic carbocycles. The van der Waals surface area contributed by atoms with Crippen LogP contribution in [-0.4, -0.2) is 10.9 Å². The van der Waals surface area contributed by atoms with E-state index in [0.717, 1.165) is 5.56 Å². The van der Waals surface area contributed by atoms with E-state index in [1.54, 1.807) is 19.2 Å². The maximum absolute atomic E-state index is 13.0. The lowest BCUT2D eigenvalue weighted by atomic mass is 10.1. The maximum Gasteiger partial charge on any atom is 0.255 e. The Labute approximate surface area is 107 Å². The number of halogens is 3. The van der Waals surface area contributed by atoms with Crippen LogP contribution >= 0.6 is 0 Å². The summed E-state index contributed by atoms with van der Waals surface area (Å²) in [5, 5.41) is 2.44. The number of benzene rings is 1. The van der Waals surface area contributed by atoms with Gasteiger partial charge in [0.1, 0.15) is 0 Å². The molecule has 0 radical (unpaired) electrons. The van der Waals surface area contributed by atoms with Crippen LogP contribution in [0.25, 0.3) is 0 Å². The first kappa shape index (κ1) is 13.1. The van der Waals surface area contributed by atoms with E-state index in [1.807, 2.05) is 0 Å². The van der Waals surface area contributed by atoms with Gasteiger partial charge in [0.25, 0.3) is 5.91 Å². The van der Waals surface area contributed by atoms with E-state index >= 15 is 0 Å². The first-order valence-electron chi connectivity index (χ1n) is 5.35. The second-order valence-corrected chi connectivity index (χ2v) is 3.90. The molecule has 19 heavy (non-hydrogen) atoms. The number of hydrogen-bond acceptors (Lipinski definition) is 2. The molecular formula is C13H9F3N2O. The van der Waals surface area contributed by atoms with E-state index in [2.05, 4.69) is 10.3 Å². The van der Waals surface area contributed by atoms with Crippen molar-refractivity contribution in [2.75, 3.05) is 5.32 Å². The Morgan fingerprint density at radius 3 is 2.42 bits per heavy atom. The number of pyridine rings is 1. The number of aromatic nitrogens is 1. The van der Waals surface area contributed by atoms with Crippen LogP contribution in [0.5, 0.6) is 0 Å². The zero-order chi connectivity index (χ0) is 14.0. The van der Waals surface area contributed by atoms with Crippen molar-refractivity contribution in [2.24, 2.45) is 0 Å². The van der Waals surface area contributed by atoms with Crippen molar-refractivity contribution in [1.29, 1.82) is 0 Å². The van der Waals surface area contributed by atoms with Gasteiger partial charge in [-0.2, -0.15) is 0 Å². The van der Waals surface area contributed by atoms with Gasteiger partial charge in [0.15, 0.2) is 17.5 Å². The molecule has 98 valence electrons. The molecule has 0 spiro atoms. The average molecular weight is 266 g/mol. The van der Waals surface area contributed by atoms with E-state index < -0.39 is 23.4 Å². The van der Waals surface area contributed by atoms with E-state index in [4.69, 9.17) is 0 Å². The number of carbonyl (C=O) groups excluding carboxylic acids is 1. The number of anilines is 1. The van der Waals surface area contributed by atoms with Crippen LogP contribution in [0.1, 0.15) is 15.9 Å². The number of rotatable bonds is 2. The van der Waals surface area contributed by atoms with Crippen LogP contribution in [0.4, 0.5) is 18.9 Å². The average Bonchev–Trinajstić information content (AvgIpc) is 2.38. The quantitative estimate of drug-likeness (QED) is 0.849. The van der Waals surface area contributed by atoms with Crippen LogP contribution < -0.4 is 5.32 Å². The summed E-state index contributed by atoms with van der Waals surface area (Å²) in [5.41, 5.74) is 0.851. The third-order valence-corrected chi connectivity index (χ3v) is 2.53. The molecule has 0 atom stereocenters. The van der Waals surface area contributed by atoms with Gasteiger partial charge >= 0.3 is 0 Å². The van der Waals surface area contributed by atoms with Crippen molar-refractivity contribution >= 4 is 11.6 Å². The van der Waals surface area contributed by atoms with Crippen molar-refractivity contribution < 1.29 is 18.0 Å². The largest absolute Gasteiger partial charge is 0.320 e. The Hall–Kier alpha value is -2.37. The summed E-state index contributed by atoms with van der Waals surface area (Å²) >= 11 is 0. The van der Waals surface area contributed by atoms with Gasteiger partial charge in [-0.25, -0.2) is 13.2 Å². The van der Waals surface area contributed by atoms with Gasteiger partial charge in [-0.15, -0.1) is 0 Å². The highest BCUT2D eigenvalue weighted by Gasteiger charge is 2.15. The lowest BCUT2D eigenvalue weighted by Gasteiger charge is -2.08. The lowest BCUT2D eigenvalue weighted by Crippen LogP contribution is -2.14. The molecule has 3 nitrogen and oxygen atoms in total. The lowest BCUT2D eigenvalue weighted by molar-refractivity contribution is 0.102. The second-order valence-electron chi connectivity index (χ2n) is 3.90. The normalized spacial score (nSPS) is 10.3. The van der Waals surface area contributed by atoms with Gasteiger partial charge in [0.2, 0.25) is 0 Å². The summed E-state index contributed by atoms with van der Waals surface area (Å²) in [5.74, 6) is -5.16. The number of nitrogens with one attached hydrogen (secondary N) is 1. The van der Waals surface area contributed by atoms with Crippen LogP contribution in [0.2, 0.25) is 0 Å². The molecule has 1 heterocycles. The standard InChI is InChI=1S/C13H9F3N2O/c1-7-2-3-17-6-11(7)18-13(19)8-4-9(14)12(16)10(15)5-8/h2-6H,1H3,(H,18,19).